The molecule has 1 aromatic heterocycles. The van der Waals surface area contributed by atoms with E-state index in [2.05, 4.69) is 13.5 Å². The first kappa shape index (κ1) is 17.2. The second kappa shape index (κ2) is 6.33. The Morgan fingerprint density at radius 2 is 1.96 bits per heavy atom. The fourth-order valence-corrected chi connectivity index (χ4v) is 3.92. The van der Waals surface area contributed by atoms with Crippen LogP contribution in [0.4, 0.5) is 14.5 Å². The van der Waals surface area contributed by atoms with E-state index in [-0.39, 0.29) is 10.4 Å². The number of ether oxygens (including phenoxy) is 1. The molecule has 0 radical (unpaired) electrons. The summed E-state index contributed by atoms with van der Waals surface area (Å²) in [6, 6.07) is 5.43. The Bertz CT molecular complexity index is 1080. The first-order chi connectivity index (χ1) is 11.8. The summed E-state index contributed by atoms with van der Waals surface area (Å²) in [4.78, 5) is 11.3. The highest BCUT2D eigenvalue weighted by atomic mass is 32.2. The van der Waals surface area contributed by atoms with Gasteiger partial charge < -0.3 is 4.74 Å². The van der Waals surface area contributed by atoms with Gasteiger partial charge in [0.1, 0.15) is 27.6 Å². The van der Waals surface area contributed by atoms with Gasteiger partial charge in [-0.15, -0.1) is 0 Å². The number of nitrogens with one attached hydrogen (secondary N) is 1. The molecule has 11 heteroatoms. The van der Waals surface area contributed by atoms with Crippen LogP contribution in [-0.4, -0.2) is 30.2 Å². The van der Waals surface area contributed by atoms with Crippen LogP contribution in [0.1, 0.15) is 10.4 Å². The van der Waals surface area contributed by atoms with Gasteiger partial charge in [-0.25, -0.2) is 22.0 Å². The van der Waals surface area contributed by atoms with Crippen molar-refractivity contribution in [3.05, 3.63) is 47.5 Å². The van der Waals surface area contributed by atoms with E-state index in [1.165, 1.54) is 12.1 Å². The number of halogens is 2. The van der Waals surface area contributed by atoms with Crippen LogP contribution in [0.5, 0.6) is 0 Å². The Kier molecular flexibility index (Phi) is 4.35. The summed E-state index contributed by atoms with van der Waals surface area (Å²) in [5, 5.41) is 0. The molecule has 0 bridgehead atoms. The molecule has 0 aliphatic heterocycles. The van der Waals surface area contributed by atoms with Crippen molar-refractivity contribution in [1.82, 2.24) is 8.75 Å². The fraction of sp³-hybridized carbons (Fsp3) is 0.0714. The molecule has 2 aromatic carbocycles. The average Bonchev–Trinajstić information content (AvgIpc) is 3.05. The lowest BCUT2D eigenvalue weighted by Gasteiger charge is -2.11. The number of carbonyl (C=O) groups excluding carboxylic acids is 1. The van der Waals surface area contributed by atoms with E-state index in [0.29, 0.717) is 11.6 Å². The average molecular weight is 385 g/mol. The van der Waals surface area contributed by atoms with Crippen molar-refractivity contribution < 1.29 is 26.7 Å². The van der Waals surface area contributed by atoms with Gasteiger partial charge in [0.2, 0.25) is 0 Å². The van der Waals surface area contributed by atoms with Crippen LogP contribution >= 0.6 is 11.7 Å². The lowest BCUT2D eigenvalue weighted by molar-refractivity contribution is 0.0595. The van der Waals surface area contributed by atoms with E-state index in [4.69, 9.17) is 0 Å². The topological polar surface area (TPSA) is 98.2 Å². The van der Waals surface area contributed by atoms with Crippen molar-refractivity contribution in [2.24, 2.45) is 0 Å². The van der Waals surface area contributed by atoms with Crippen molar-refractivity contribution in [2.45, 2.75) is 4.90 Å². The van der Waals surface area contributed by atoms with E-state index < -0.39 is 38.9 Å². The number of rotatable bonds is 4. The Balaban J connectivity index is 2.07. The Morgan fingerprint density at radius 1 is 1.20 bits per heavy atom. The van der Waals surface area contributed by atoms with Crippen LogP contribution in [0.3, 0.4) is 0 Å². The van der Waals surface area contributed by atoms with Crippen molar-refractivity contribution in [1.29, 1.82) is 0 Å². The van der Waals surface area contributed by atoms with Crippen LogP contribution < -0.4 is 4.72 Å². The molecule has 1 heterocycles. The number of nitrogens with zero attached hydrogens (tertiary/aromatic N) is 2. The number of anilines is 1. The zero-order valence-corrected chi connectivity index (χ0v) is 14.1. The van der Waals surface area contributed by atoms with Gasteiger partial charge in [0.15, 0.2) is 0 Å². The van der Waals surface area contributed by atoms with Gasteiger partial charge in [0.05, 0.1) is 30.1 Å². The summed E-state index contributed by atoms with van der Waals surface area (Å²) < 4.78 is 66.9. The maximum Gasteiger partial charge on any atom is 0.340 e. The van der Waals surface area contributed by atoms with Crippen LogP contribution in [0.25, 0.3) is 11.0 Å². The third-order valence-electron chi connectivity index (χ3n) is 3.24. The number of sulfonamides is 1. The molecule has 0 fully saturated rings. The molecule has 7 nitrogen and oxygen atoms in total. The van der Waals surface area contributed by atoms with Gasteiger partial charge in [0.25, 0.3) is 10.0 Å². The van der Waals surface area contributed by atoms with Crippen molar-refractivity contribution >= 4 is 44.4 Å². The zero-order valence-electron chi connectivity index (χ0n) is 12.5. The molecule has 130 valence electrons. The van der Waals surface area contributed by atoms with Crippen molar-refractivity contribution in [3.63, 3.8) is 0 Å². The van der Waals surface area contributed by atoms with E-state index >= 15 is 0 Å². The third-order valence-corrected chi connectivity index (χ3v) is 5.18. The predicted molar refractivity (Wildman–Crippen MR) is 85.9 cm³/mol. The van der Waals surface area contributed by atoms with Crippen LogP contribution in [0, 0.1) is 11.6 Å². The first-order valence-electron chi connectivity index (χ1n) is 6.65. The van der Waals surface area contributed by atoms with Crippen LogP contribution in [0.15, 0.2) is 35.2 Å². The molecular weight excluding hydrogens is 376 g/mol. The van der Waals surface area contributed by atoms with Crippen molar-refractivity contribution in [3.8, 4) is 0 Å². The Labute approximate surface area is 144 Å². The standard InChI is InChI=1S/C14H9F2N3O4S2/c1-23-14(20)7-5-11(9(16)6-8(7)15)19-25(21,22)12-4-2-3-10-13(12)18-24-17-10/h2-6,19H,1H3. The number of carbonyl (C=O) groups is 1. The second-order valence-electron chi connectivity index (χ2n) is 4.80. The molecule has 0 saturated heterocycles. The van der Waals surface area contributed by atoms with Gasteiger partial charge >= 0.3 is 5.97 Å². The number of aromatic nitrogens is 2. The van der Waals surface area contributed by atoms with E-state index in [0.717, 1.165) is 24.9 Å². The van der Waals surface area contributed by atoms with Gasteiger partial charge in [-0.1, -0.05) is 6.07 Å². The predicted octanol–water partition coefficient (Wildman–Crippen LogP) is 2.56. The molecule has 25 heavy (non-hydrogen) atoms. The highest BCUT2D eigenvalue weighted by Crippen LogP contribution is 2.26. The molecule has 0 unspecified atom stereocenters. The van der Waals surface area contributed by atoms with E-state index in [1.807, 2.05) is 4.72 Å². The molecule has 0 spiro atoms. The molecule has 0 atom stereocenters. The van der Waals surface area contributed by atoms with E-state index in [1.54, 1.807) is 6.07 Å². The summed E-state index contributed by atoms with van der Waals surface area (Å²) in [5.74, 6) is -3.42. The molecule has 3 aromatic rings. The summed E-state index contributed by atoms with van der Waals surface area (Å²) in [6.07, 6.45) is 0. The minimum Gasteiger partial charge on any atom is -0.465 e. The zero-order chi connectivity index (χ0) is 18.2. The smallest absolute Gasteiger partial charge is 0.340 e. The maximum atomic E-state index is 14.0. The molecule has 0 aliphatic carbocycles. The Morgan fingerprint density at radius 3 is 2.68 bits per heavy atom. The minimum atomic E-state index is -4.25. The number of fused-ring (bicyclic) bond motifs is 1. The maximum absolute atomic E-state index is 14.0. The monoisotopic (exact) mass is 385 g/mol. The van der Waals surface area contributed by atoms with Gasteiger partial charge in [0, 0.05) is 6.07 Å². The SMILES string of the molecule is COC(=O)c1cc(NS(=O)(=O)c2cccc3nsnc23)c(F)cc1F. The quantitative estimate of drug-likeness (QED) is 0.693. The normalized spacial score (nSPS) is 11.5. The Hall–Kier alpha value is -2.66. The van der Waals surface area contributed by atoms with Crippen molar-refractivity contribution in [2.75, 3.05) is 11.8 Å². The number of methoxy groups -OCH3 is 1. The number of hydrogen-bond acceptors (Lipinski definition) is 7. The molecular formula is C14H9F2N3O4S2. The number of hydrogen-bond donors (Lipinski definition) is 1. The molecule has 0 amide bonds. The van der Waals surface area contributed by atoms with E-state index in [9.17, 15) is 22.0 Å². The summed E-state index contributed by atoms with van der Waals surface area (Å²) in [7, 11) is -3.24. The number of esters is 1. The van der Waals surface area contributed by atoms with Gasteiger partial charge in [-0.05, 0) is 18.2 Å². The molecule has 1 N–H and O–H groups in total. The second-order valence-corrected chi connectivity index (χ2v) is 6.98. The lowest BCUT2D eigenvalue weighted by Crippen LogP contribution is -2.16. The summed E-state index contributed by atoms with van der Waals surface area (Å²) in [5.41, 5.74) is -0.712. The van der Waals surface area contributed by atoms with Crippen LogP contribution in [0.2, 0.25) is 0 Å². The summed E-state index contributed by atoms with van der Waals surface area (Å²) in [6.45, 7) is 0. The van der Waals surface area contributed by atoms with Crippen LogP contribution in [-0.2, 0) is 14.8 Å². The van der Waals surface area contributed by atoms with Gasteiger partial charge in [-0.3, -0.25) is 4.72 Å². The molecule has 0 saturated carbocycles. The highest BCUT2D eigenvalue weighted by molar-refractivity contribution is 7.93. The third kappa shape index (κ3) is 3.15. The van der Waals surface area contributed by atoms with Gasteiger partial charge in [-0.2, -0.15) is 8.75 Å². The fourth-order valence-electron chi connectivity index (χ4n) is 2.09. The summed E-state index contributed by atoms with van der Waals surface area (Å²) >= 11 is 0.827. The molecule has 3 rings (SSSR count). The lowest BCUT2D eigenvalue weighted by atomic mass is 10.2. The molecule has 0 aliphatic rings. The number of benzene rings is 2. The largest absolute Gasteiger partial charge is 0.465 e. The first-order valence-corrected chi connectivity index (χ1v) is 8.86. The highest BCUT2D eigenvalue weighted by Gasteiger charge is 2.23. The minimum absolute atomic E-state index is 0.121.